The van der Waals surface area contributed by atoms with Gasteiger partial charge in [-0.05, 0) is 74.5 Å². The van der Waals surface area contributed by atoms with E-state index in [9.17, 15) is 4.79 Å². The van der Waals surface area contributed by atoms with Crippen LogP contribution in [0.5, 0.6) is 0 Å². The highest BCUT2D eigenvalue weighted by atomic mass is 35.5. The molecule has 1 aliphatic heterocycles. The van der Waals surface area contributed by atoms with E-state index in [4.69, 9.17) is 21.3 Å². The summed E-state index contributed by atoms with van der Waals surface area (Å²) in [6.07, 6.45) is 7.30. The van der Waals surface area contributed by atoms with Gasteiger partial charge < -0.3 is 4.74 Å². The van der Waals surface area contributed by atoms with E-state index in [2.05, 4.69) is 4.90 Å². The molecule has 1 amide bonds. The lowest BCUT2D eigenvalue weighted by Crippen LogP contribution is -2.56. The van der Waals surface area contributed by atoms with E-state index in [1.54, 1.807) is 11.3 Å². The third-order valence-electron chi connectivity index (χ3n) is 8.05. The van der Waals surface area contributed by atoms with Gasteiger partial charge in [0, 0.05) is 31.2 Å². The summed E-state index contributed by atoms with van der Waals surface area (Å²) in [5, 5.41) is 1.56. The number of benzene rings is 1. The maximum Gasteiger partial charge on any atom is 0.235 e. The zero-order valence-corrected chi connectivity index (χ0v) is 20.7. The molecular formula is C24H31Cl2N3O2S. The lowest BCUT2D eigenvalue weighted by Gasteiger charge is -2.56. The van der Waals surface area contributed by atoms with Crippen molar-refractivity contribution < 1.29 is 9.53 Å². The van der Waals surface area contributed by atoms with E-state index in [-0.39, 0.29) is 17.8 Å². The van der Waals surface area contributed by atoms with E-state index in [0.717, 1.165) is 90.2 Å². The number of nitrogens with zero attached hydrogens (tertiary/aromatic N) is 3. The topological polar surface area (TPSA) is 45.7 Å². The Kier molecular flexibility index (Phi) is 6.45. The molecular weight excluding hydrogens is 465 g/mol. The highest BCUT2D eigenvalue weighted by Crippen LogP contribution is 2.60. The minimum Gasteiger partial charge on any atom is -0.379 e. The summed E-state index contributed by atoms with van der Waals surface area (Å²) in [7, 11) is 0. The van der Waals surface area contributed by atoms with Crippen LogP contribution < -0.4 is 4.90 Å². The molecule has 7 rings (SSSR count). The summed E-state index contributed by atoms with van der Waals surface area (Å²) in [5.41, 5.74) is 0.772. The van der Waals surface area contributed by atoms with Crippen molar-refractivity contribution in [2.24, 2.45) is 23.2 Å². The van der Waals surface area contributed by atoms with E-state index in [1.165, 1.54) is 19.3 Å². The van der Waals surface area contributed by atoms with Gasteiger partial charge in [0.05, 0.1) is 28.8 Å². The molecule has 0 radical (unpaired) electrons. The Morgan fingerprint density at radius 3 is 2.47 bits per heavy atom. The standard InChI is InChI=1S/C24H30ClN3O2S.ClH/c25-19-1-2-20-21(12-19)31-23(26-20)28(4-3-27-5-7-30-8-6-27)22(29)24-13-16-9-17(14-24)11-18(10-16)15-24;/h1-2,12,16-18H,3-11,13-15H2;1H. The van der Waals surface area contributed by atoms with Gasteiger partial charge in [0.15, 0.2) is 5.13 Å². The van der Waals surface area contributed by atoms with Crippen molar-refractivity contribution in [3.63, 3.8) is 0 Å². The summed E-state index contributed by atoms with van der Waals surface area (Å²) in [6, 6.07) is 5.81. The second kappa shape index (κ2) is 9.03. The second-order valence-corrected chi connectivity index (χ2v) is 11.7. The van der Waals surface area contributed by atoms with Crippen LogP contribution in [-0.4, -0.2) is 55.2 Å². The molecule has 5 nitrogen and oxygen atoms in total. The van der Waals surface area contributed by atoms with Crippen molar-refractivity contribution in [2.75, 3.05) is 44.3 Å². The first kappa shape index (κ1) is 22.9. The molecule has 0 unspecified atom stereocenters. The molecule has 1 aromatic heterocycles. The van der Waals surface area contributed by atoms with Gasteiger partial charge in [0.1, 0.15) is 0 Å². The van der Waals surface area contributed by atoms with E-state index in [0.29, 0.717) is 12.5 Å². The predicted octanol–water partition coefficient (Wildman–Crippen LogP) is 5.25. The zero-order valence-electron chi connectivity index (χ0n) is 18.3. The second-order valence-electron chi connectivity index (χ2n) is 10.2. The van der Waals surface area contributed by atoms with Gasteiger partial charge in [-0.15, -0.1) is 12.4 Å². The average Bonchev–Trinajstić information content (AvgIpc) is 3.16. The van der Waals surface area contributed by atoms with Crippen molar-refractivity contribution in [1.82, 2.24) is 9.88 Å². The Balaban J connectivity index is 0.00000216. The third-order valence-corrected chi connectivity index (χ3v) is 9.33. The summed E-state index contributed by atoms with van der Waals surface area (Å²) in [5.74, 6) is 2.60. The molecule has 4 aliphatic carbocycles. The van der Waals surface area contributed by atoms with Gasteiger partial charge in [0.2, 0.25) is 5.91 Å². The number of ether oxygens (including phenoxy) is 1. The van der Waals surface area contributed by atoms with Crippen LogP contribution in [0, 0.1) is 23.2 Å². The molecule has 1 saturated heterocycles. The number of aromatic nitrogens is 1. The Morgan fingerprint density at radius 1 is 1.16 bits per heavy atom. The molecule has 0 N–H and O–H groups in total. The third kappa shape index (κ3) is 4.18. The first-order valence-corrected chi connectivity index (χ1v) is 13.0. The van der Waals surface area contributed by atoms with Gasteiger partial charge in [-0.3, -0.25) is 14.6 Å². The van der Waals surface area contributed by atoms with Crippen LogP contribution in [0.3, 0.4) is 0 Å². The number of rotatable bonds is 5. The number of fused-ring (bicyclic) bond motifs is 1. The molecule has 2 aromatic rings. The number of morpholine rings is 1. The van der Waals surface area contributed by atoms with Gasteiger partial charge in [-0.25, -0.2) is 4.98 Å². The van der Waals surface area contributed by atoms with Crippen molar-refractivity contribution in [3.8, 4) is 0 Å². The number of amides is 1. The molecule has 8 heteroatoms. The van der Waals surface area contributed by atoms with Crippen molar-refractivity contribution in [3.05, 3.63) is 23.2 Å². The Bertz CT molecular complexity index is 955. The van der Waals surface area contributed by atoms with Crippen LogP contribution in [0.1, 0.15) is 38.5 Å². The van der Waals surface area contributed by atoms with Crippen LogP contribution in [0.15, 0.2) is 18.2 Å². The molecule has 2 heterocycles. The molecule has 32 heavy (non-hydrogen) atoms. The number of thiazole rings is 1. The predicted molar refractivity (Wildman–Crippen MR) is 132 cm³/mol. The minimum absolute atomic E-state index is 0. The quantitative estimate of drug-likeness (QED) is 0.567. The number of hydrogen-bond donors (Lipinski definition) is 0. The fraction of sp³-hybridized carbons (Fsp3) is 0.667. The molecule has 1 aromatic carbocycles. The van der Waals surface area contributed by atoms with E-state index < -0.39 is 0 Å². The van der Waals surface area contributed by atoms with Crippen LogP contribution >= 0.6 is 35.3 Å². The molecule has 0 spiro atoms. The number of halogens is 2. The first-order valence-electron chi connectivity index (χ1n) is 11.8. The molecule has 174 valence electrons. The minimum atomic E-state index is -0.157. The Morgan fingerprint density at radius 2 is 1.81 bits per heavy atom. The summed E-state index contributed by atoms with van der Waals surface area (Å²) < 4.78 is 6.56. The smallest absolute Gasteiger partial charge is 0.235 e. The highest BCUT2D eigenvalue weighted by molar-refractivity contribution is 7.22. The SMILES string of the molecule is Cl.O=C(N(CCN1CCOCC1)c1nc2ccc(Cl)cc2s1)C12CC3CC(CC(C3)C1)C2. The van der Waals surface area contributed by atoms with Crippen molar-refractivity contribution >= 4 is 56.6 Å². The molecule has 5 fully saturated rings. The Hall–Kier alpha value is -0.920. The van der Waals surface area contributed by atoms with Crippen molar-refractivity contribution in [1.29, 1.82) is 0 Å². The monoisotopic (exact) mass is 495 g/mol. The highest BCUT2D eigenvalue weighted by Gasteiger charge is 2.56. The fourth-order valence-corrected chi connectivity index (χ4v) is 8.28. The summed E-state index contributed by atoms with van der Waals surface area (Å²) in [6.45, 7) is 5.01. The number of carbonyl (C=O) groups is 1. The van der Waals surface area contributed by atoms with Gasteiger partial charge in [-0.2, -0.15) is 0 Å². The van der Waals surface area contributed by atoms with Crippen LogP contribution in [-0.2, 0) is 9.53 Å². The molecule has 0 atom stereocenters. The Labute approximate surface area is 204 Å². The largest absolute Gasteiger partial charge is 0.379 e. The summed E-state index contributed by atoms with van der Waals surface area (Å²) in [4.78, 5) is 23.6. The van der Waals surface area contributed by atoms with Gasteiger partial charge in [-0.1, -0.05) is 22.9 Å². The van der Waals surface area contributed by atoms with E-state index >= 15 is 0 Å². The average molecular weight is 497 g/mol. The van der Waals surface area contributed by atoms with Gasteiger partial charge in [0.25, 0.3) is 0 Å². The summed E-state index contributed by atoms with van der Waals surface area (Å²) >= 11 is 7.83. The molecule has 4 bridgehead atoms. The number of anilines is 1. The number of hydrogen-bond acceptors (Lipinski definition) is 5. The van der Waals surface area contributed by atoms with Crippen molar-refractivity contribution in [2.45, 2.75) is 38.5 Å². The maximum atomic E-state index is 14.2. The number of carbonyl (C=O) groups excluding carboxylic acids is 1. The first-order chi connectivity index (χ1) is 15.1. The van der Waals surface area contributed by atoms with E-state index in [1.807, 2.05) is 23.1 Å². The lowest BCUT2D eigenvalue weighted by atomic mass is 9.49. The fourth-order valence-electron chi connectivity index (χ4n) is 7.01. The lowest BCUT2D eigenvalue weighted by molar-refractivity contribution is -0.143. The molecule has 5 aliphatic rings. The maximum absolute atomic E-state index is 14.2. The molecule has 4 saturated carbocycles. The van der Waals surface area contributed by atoms with Crippen LogP contribution in [0.25, 0.3) is 10.2 Å². The van der Waals surface area contributed by atoms with Crippen LogP contribution in [0.4, 0.5) is 5.13 Å². The van der Waals surface area contributed by atoms with Crippen LogP contribution in [0.2, 0.25) is 5.02 Å². The zero-order chi connectivity index (χ0) is 21.0. The van der Waals surface area contributed by atoms with Gasteiger partial charge >= 0.3 is 0 Å². The normalized spacial score (nSPS) is 31.6.